The Morgan fingerprint density at radius 2 is 1.79 bits per heavy atom. The Bertz CT molecular complexity index is 322. The van der Waals surface area contributed by atoms with Crippen LogP contribution in [0.15, 0.2) is 35.7 Å². The monoisotopic (exact) mass is 208 g/mol. The van der Waals surface area contributed by atoms with E-state index in [9.17, 15) is 0 Å². The van der Waals surface area contributed by atoms with E-state index >= 15 is 0 Å². The Labute approximate surface area is 89.3 Å². The first-order chi connectivity index (χ1) is 6.88. The quantitative estimate of drug-likeness (QED) is 0.726. The molecule has 14 heavy (non-hydrogen) atoms. The zero-order valence-corrected chi connectivity index (χ0v) is 9.51. The fourth-order valence-corrected chi connectivity index (χ4v) is 1.90. The largest absolute Gasteiger partial charge is 0.382 e. The average Bonchev–Trinajstić information content (AvgIpc) is 2.67. The van der Waals surface area contributed by atoms with Gasteiger partial charge in [-0.05, 0) is 36.7 Å². The second kappa shape index (κ2) is 6.57. The predicted molar refractivity (Wildman–Crippen MR) is 64.0 cm³/mol. The van der Waals surface area contributed by atoms with Crippen molar-refractivity contribution in [2.75, 3.05) is 13.2 Å². The van der Waals surface area contributed by atoms with E-state index < -0.39 is 0 Å². The van der Waals surface area contributed by atoms with Gasteiger partial charge in [-0.2, -0.15) is 0 Å². The number of benzene rings is 1. The van der Waals surface area contributed by atoms with Crippen LogP contribution in [-0.2, 0) is 4.74 Å². The van der Waals surface area contributed by atoms with Crippen LogP contribution in [0.5, 0.6) is 0 Å². The topological polar surface area (TPSA) is 9.23 Å². The predicted octanol–water partition coefficient (Wildman–Crippen LogP) is 3.94. The van der Waals surface area contributed by atoms with Crippen molar-refractivity contribution in [2.45, 2.75) is 13.8 Å². The van der Waals surface area contributed by atoms with Crippen LogP contribution in [0.4, 0.5) is 0 Å². The summed E-state index contributed by atoms with van der Waals surface area (Å²) >= 11 is 1.79. The van der Waals surface area contributed by atoms with E-state index in [0.717, 1.165) is 13.2 Å². The molecule has 0 radical (unpaired) electrons. The van der Waals surface area contributed by atoms with Crippen LogP contribution in [0.25, 0.3) is 10.1 Å². The summed E-state index contributed by atoms with van der Waals surface area (Å²) in [4.78, 5) is 0. The van der Waals surface area contributed by atoms with Crippen LogP contribution < -0.4 is 0 Å². The molecular weight excluding hydrogens is 192 g/mol. The highest BCUT2D eigenvalue weighted by atomic mass is 32.1. The van der Waals surface area contributed by atoms with Gasteiger partial charge in [0.2, 0.25) is 0 Å². The summed E-state index contributed by atoms with van der Waals surface area (Å²) in [5.41, 5.74) is 0. The second-order valence-electron chi connectivity index (χ2n) is 2.74. The zero-order valence-electron chi connectivity index (χ0n) is 8.69. The third-order valence-electron chi connectivity index (χ3n) is 1.77. The van der Waals surface area contributed by atoms with Gasteiger partial charge in [0.1, 0.15) is 0 Å². The molecule has 0 fully saturated rings. The summed E-state index contributed by atoms with van der Waals surface area (Å²) in [6, 6.07) is 10.5. The molecule has 0 saturated carbocycles. The molecule has 76 valence electrons. The Kier molecular flexibility index (Phi) is 5.27. The number of rotatable bonds is 2. The lowest BCUT2D eigenvalue weighted by molar-refractivity contribution is 0.162. The Morgan fingerprint density at radius 3 is 2.36 bits per heavy atom. The summed E-state index contributed by atoms with van der Waals surface area (Å²) in [6.45, 7) is 5.67. The third-order valence-corrected chi connectivity index (χ3v) is 2.67. The van der Waals surface area contributed by atoms with Gasteiger partial charge in [0.25, 0.3) is 0 Å². The normalized spacial score (nSPS) is 9.57. The van der Waals surface area contributed by atoms with Crippen molar-refractivity contribution in [3.05, 3.63) is 35.7 Å². The Hall–Kier alpha value is -0.860. The van der Waals surface area contributed by atoms with E-state index in [0.29, 0.717) is 0 Å². The Morgan fingerprint density at radius 1 is 1.07 bits per heavy atom. The van der Waals surface area contributed by atoms with E-state index in [4.69, 9.17) is 4.74 Å². The summed E-state index contributed by atoms with van der Waals surface area (Å²) < 4.78 is 6.21. The fourth-order valence-electron chi connectivity index (χ4n) is 1.11. The van der Waals surface area contributed by atoms with Crippen LogP contribution in [0.3, 0.4) is 0 Å². The highest BCUT2D eigenvalue weighted by molar-refractivity contribution is 7.17. The van der Waals surface area contributed by atoms with E-state index in [1.165, 1.54) is 10.1 Å². The number of ether oxygens (including phenoxy) is 1. The maximum absolute atomic E-state index is 4.83. The van der Waals surface area contributed by atoms with Crippen molar-refractivity contribution in [3.63, 3.8) is 0 Å². The highest BCUT2D eigenvalue weighted by Gasteiger charge is 1.87. The average molecular weight is 208 g/mol. The first-order valence-corrected chi connectivity index (χ1v) is 5.76. The number of hydrogen-bond donors (Lipinski definition) is 0. The van der Waals surface area contributed by atoms with Gasteiger partial charge < -0.3 is 4.74 Å². The Balaban J connectivity index is 0.000000171. The van der Waals surface area contributed by atoms with E-state index in [-0.39, 0.29) is 0 Å². The second-order valence-corrected chi connectivity index (χ2v) is 3.69. The fraction of sp³-hybridized carbons (Fsp3) is 0.333. The molecular formula is C12H16OS. The lowest BCUT2D eigenvalue weighted by Crippen LogP contribution is -1.84. The number of thiophene rings is 1. The molecule has 1 heterocycles. The molecule has 0 N–H and O–H groups in total. The van der Waals surface area contributed by atoms with Crippen molar-refractivity contribution >= 4 is 21.4 Å². The lowest BCUT2D eigenvalue weighted by atomic mass is 10.3. The molecule has 0 saturated heterocycles. The smallest absolute Gasteiger partial charge is 0.0437 e. The summed E-state index contributed by atoms with van der Waals surface area (Å²) in [5.74, 6) is 0. The minimum absolute atomic E-state index is 0.844. The first-order valence-electron chi connectivity index (χ1n) is 4.88. The third kappa shape index (κ3) is 3.48. The van der Waals surface area contributed by atoms with E-state index in [2.05, 4.69) is 35.7 Å². The molecule has 0 spiro atoms. The van der Waals surface area contributed by atoms with Crippen molar-refractivity contribution in [2.24, 2.45) is 0 Å². The van der Waals surface area contributed by atoms with Crippen LogP contribution in [0.1, 0.15) is 13.8 Å². The van der Waals surface area contributed by atoms with Crippen LogP contribution in [0, 0.1) is 0 Å². The van der Waals surface area contributed by atoms with Crippen molar-refractivity contribution < 1.29 is 4.74 Å². The molecule has 0 amide bonds. The molecule has 0 aliphatic heterocycles. The summed E-state index contributed by atoms with van der Waals surface area (Å²) in [5, 5.41) is 3.47. The maximum Gasteiger partial charge on any atom is 0.0437 e. The van der Waals surface area contributed by atoms with Gasteiger partial charge in [0.15, 0.2) is 0 Å². The lowest BCUT2D eigenvalue weighted by Gasteiger charge is -1.86. The molecule has 0 bridgehead atoms. The van der Waals surface area contributed by atoms with Crippen LogP contribution in [0.2, 0.25) is 0 Å². The molecule has 2 aromatic rings. The zero-order chi connectivity index (χ0) is 10.2. The molecule has 0 unspecified atom stereocenters. The van der Waals surface area contributed by atoms with Crippen molar-refractivity contribution in [1.82, 2.24) is 0 Å². The van der Waals surface area contributed by atoms with Gasteiger partial charge in [-0.1, -0.05) is 18.2 Å². The molecule has 0 aliphatic carbocycles. The van der Waals surface area contributed by atoms with Crippen LogP contribution >= 0.6 is 11.3 Å². The number of fused-ring (bicyclic) bond motifs is 1. The van der Waals surface area contributed by atoms with E-state index in [1.807, 2.05) is 13.8 Å². The summed E-state index contributed by atoms with van der Waals surface area (Å²) in [7, 11) is 0. The molecule has 1 aromatic heterocycles. The molecule has 1 nitrogen and oxygen atoms in total. The molecule has 2 rings (SSSR count). The maximum atomic E-state index is 4.83. The molecule has 2 heteroatoms. The van der Waals surface area contributed by atoms with Gasteiger partial charge in [-0.3, -0.25) is 0 Å². The first kappa shape index (κ1) is 11.2. The summed E-state index contributed by atoms with van der Waals surface area (Å²) in [6.07, 6.45) is 0. The SMILES string of the molecule is CCOCC.c1ccc2sccc2c1. The van der Waals surface area contributed by atoms with Gasteiger partial charge in [0.05, 0.1) is 0 Å². The van der Waals surface area contributed by atoms with Crippen LogP contribution in [-0.4, -0.2) is 13.2 Å². The minimum Gasteiger partial charge on any atom is -0.382 e. The molecule has 0 aliphatic rings. The minimum atomic E-state index is 0.844. The van der Waals surface area contributed by atoms with Gasteiger partial charge in [-0.25, -0.2) is 0 Å². The standard InChI is InChI=1S/C8H6S.C4H10O/c1-2-4-8-7(3-1)5-6-9-8;1-3-5-4-2/h1-6H;3-4H2,1-2H3. The highest BCUT2D eigenvalue weighted by Crippen LogP contribution is 2.18. The molecule has 0 atom stereocenters. The van der Waals surface area contributed by atoms with Crippen molar-refractivity contribution in [3.8, 4) is 0 Å². The van der Waals surface area contributed by atoms with Gasteiger partial charge in [-0.15, -0.1) is 11.3 Å². The van der Waals surface area contributed by atoms with Gasteiger partial charge >= 0.3 is 0 Å². The van der Waals surface area contributed by atoms with E-state index in [1.54, 1.807) is 11.3 Å². The number of hydrogen-bond acceptors (Lipinski definition) is 2. The van der Waals surface area contributed by atoms with Crippen molar-refractivity contribution in [1.29, 1.82) is 0 Å². The molecule has 1 aromatic carbocycles. The van der Waals surface area contributed by atoms with Gasteiger partial charge in [0, 0.05) is 17.9 Å².